The number of amides is 1. The molecule has 2 nitrogen and oxygen atoms in total. The zero-order chi connectivity index (χ0) is 22.1. The van der Waals surface area contributed by atoms with Crippen LogP contribution < -0.4 is 5.32 Å². The molecule has 1 amide bonds. The quantitative estimate of drug-likeness (QED) is 0.276. The fourth-order valence-electron chi connectivity index (χ4n) is 3.09. The predicted octanol–water partition coefficient (Wildman–Crippen LogP) is 6.39. The van der Waals surface area contributed by atoms with Gasteiger partial charge in [-0.3, -0.25) is 4.79 Å². The number of fused-ring (bicyclic) bond motifs is 1. The SMILES string of the molecule is C[C@H](NC(=O)C(C)(C)CSc1c(F)c(F)cc(F)c1F)c1cccc2ccccc12. The van der Waals surface area contributed by atoms with Crippen LogP contribution in [0.25, 0.3) is 10.8 Å². The van der Waals surface area contributed by atoms with E-state index in [0.717, 1.165) is 16.3 Å². The van der Waals surface area contributed by atoms with E-state index in [4.69, 9.17) is 0 Å². The summed E-state index contributed by atoms with van der Waals surface area (Å²) in [5.41, 5.74) is -0.111. The maximum Gasteiger partial charge on any atom is 0.226 e. The molecule has 0 bridgehead atoms. The van der Waals surface area contributed by atoms with Crippen LogP contribution in [0.3, 0.4) is 0 Å². The molecular formula is C23H21F4NOS. The zero-order valence-corrected chi connectivity index (χ0v) is 17.5. The van der Waals surface area contributed by atoms with Crippen LogP contribution in [0.5, 0.6) is 0 Å². The van der Waals surface area contributed by atoms with Crippen LogP contribution in [0, 0.1) is 28.7 Å². The molecule has 0 aliphatic rings. The first-order chi connectivity index (χ1) is 14.1. The molecule has 0 aliphatic carbocycles. The number of benzene rings is 3. The second-order valence-corrected chi connectivity index (χ2v) is 8.72. The van der Waals surface area contributed by atoms with Gasteiger partial charge in [-0.1, -0.05) is 56.3 Å². The number of hydrogen-bond donors (Lipinski definition) is 1. The minimum absolute atomic E-state index is 0.0716. The zero-order valence-electron chi connectivity index (χ0n) is 16.7. The Labute approximate surface area is 176 Å². The summed E-state index contributed by atoms with van der Waals surface area (Å²) >= 11 is 0.572. The Morgan fingerprint density at radius 1 is 1.00 bits per heavy atom. The lowest BCUT2D eigenvalue weighted by Crippen LogP contribution is -2.40. The number of hydrogen-bond acceptors (Lipinski definition) is 2. The van der Waals surface area contributed by atoms with E-state index >= 15 is 0 Å². The van der Waals surface area contributed by atoms with Crippen LogP contribution in [0.2, 0.25) is 0 Å². The summed E-state index contributed by atoms with van der Waals surface area (Å²) < 4.78 is 54.6. The van der Waals surface area contributed by atoms with Gasteiger partial charge in [0, 0.05) is 11.8 Å². The van der Waals surface area contributed by atoms with Crippen molar-refractivity contribution < 1.29 is 22.4 Å². The summed E-state index contributed by atoms with van der Waals surface area (Å²) in [6, 6.07) is 13.5. The van der Waals surface area contributed by atoms with Gasteiger partial charge in [0.25, 0.3) is 0 Å². The topological polar surface area (TPSA) is 29.1 Å². The molecule has 1 atom stereocenters. The monoisotopic (exact) mass is 435 g/mol. The molecule has 0 fully saturated rings. The predicted molar refractivity (Wildman–Crippen MR) is 111 cm³/mol. The van der Waals surface area contributed by atoms with Gasteiger partial charge >= 0.3 is 0 Å². The number of rotatable bonds is 6. The van der Waals surface area contributed by atoms with Crippen LogP contribution in [0.1, 0.15) is 32.4 Å². The van der Waals surface area contributed by atoms with Gasteiger partial charge in [-0.05, 0) is 23.3 Å². The number of carbonyl (C=O) groups excluding carboxylic acids is 1. The number of thioether (sulfide) groups is 1. The average molecular weight is 435 g/mol. The summed E-state index contributed by atoms with van der Waals surface area (Å²) in [5, 5.41) is 4.99. The third-order valence-corrected chi connectivity index (χ3v) is 6.41. The number of halogens is 4. The lowest BCUT2D eigenvalue weighted by molar-refractivity contribution is -0.128. The first-order valence-electron chi connectivity index (χ1n) is 9.36. The third-order valence-electron chi connectivity index (χ3n) is 4.90. The van der Waals surface area contributed by atoms with E-state index in [9.17, 15) is 22.4 Å². The molecule has 7 heteroatoms. The number of carbonyl (C=O) groups is 1. The van der Waals surface area contributed by atoms with Gasteiger partial charge in [0.2, 0.25) is 5.91 Å². The highest BCUT2D eigenvalue weighted by Crippen LogP contribution is 2.34. The molecule has 0 aromatic heterocycles. The molecule has 158 valence electrons. The van der Waals surface area contributed by atoms with Crippen LogP contribution in [0.15, 0.2) is 53.4 Å². The van der Waals surface area contributed by atoms with Gasteiger partial charge in [-0.15, -0.1) is 11.8 Å². The number of nitrogens with one attached hydrogen (secondary N) is 1. The summed E-state index contributed by atoms with van der Waals surface area (Å²) in [5.74, 6) is -6.27. The molecule has 30 heavy (non-hydrogen) atoms. The molecule has 0 spiro atoms. The van der Waals surface area contributed by atoms with Crippen molar-refractivity contribution in [2.24, 2.45) is 5.41 Å². The van der Waals surface area contributed by atoms with Crippen molar-refractivity contribution in [1.82, 2.24) is 5.32 Å². The highest BCUT2D eigenvalue weighted by molar-refractivity contribution is 7.99. The van der Waals surface area contributed by atoms with Crippen molar-refractivity contribution in [1.29, 1.82) is 0 Å². The Morgan fingerprint density at radius 3 is 2.27 bits per heavy atom. The lowest BCUT2D eigenvalue weighted by Gasteiger charge is -2.26. The Morgan fingerprint density at radius 2 is 1.60 bits per heavy atom. The molecule has 0 aliphatic heterocycles. The van der Waals surface area contributed by atoms with Crippen molar-refractivity contribution in [2.75, 3.05) is 5.75 Å². The fraction of sp³-hybridized carbons (Fsp3) is 0.261. The van der Waals surface area contributed by atoms with Crippen LogP contribution in [0.4, 0.5) is 17.6 Å². The lowest BCUT2D eigenvalue weighted by atomic mass is 9.93. The van der Waals surface area contributed by atoms with Gasteiger partial charge in [-0.2, -0.15) is 0 Å². The van der Waals surface area contributed by atoms with Crippen molar-refractivity contribution in [3.63, 3.8) is 0 Å². The normalized spacial score (nSPS) is 12.8. The molecule has 0 radical (unpaired) electrons. The Bertz CT molecular complexity index is 1070. The minimum Gasteiger partial charge on any atom is -0.349 e. The van der Waals surface area contributed by atoms with Gasteiger partial charge in [0.15, 0.2) is 23.3 Å². The molecule has 3 aromatic carbocycles. The molecule has 0 saturated carbocycles. The first-order valence-corrected chi connectivity index (χ1v) is 10.3. The molecular weight excluding hydrogens is 414 g/mol. The smallest absolute Gasteiger partial charge is 0.226 e. The molecule has 0 unspecified atom stereocenters. The van der Waals surface area contributed by atoms with Gasteiger partial charge in [0.1, 0.15) is 0 Å². The van der Waals surface area contributed by atoms with E-state index in [0.29, 0.717) is 11.8 Å². The van der Waals surface area contributed by atoms with Crippen molar-refractivity contribution in [2.45, 2.75) is 31.7 Å². The van der Waals surface area contributed by atoms with Crippen molar-refractivity contribution in [3.05, 3.63) is 77.4 Å². The molecule has 3 rings (SSSR count). The summed E-state index contributed by atoms with van der Waals surface area (Å²) in [7, 11) is 0. The summed E-state index contributed by atoms with van der Waals surface area (Å²) in [6.45, 7) is 5.07. The van der Waals surface area contributed by atoms with Gasteiger partial charge < -0.3 is 5.32 Å². The van der Waals surface area contributed by atoms with E-state index < -0.39 is 33.6 Å². The molecule has 1 N–H and O–H groups in total. The second-order valence-electron chi connectivity index (χ2n) is 7.73. The second kappa shape index (κ2) is 8.68. The van der Waals surface area contributed by atoms with E-state index in [2.05, 4.69) is 5.32 Å². The van der Waals surface area contributed by atoms with E-state index in [1.54, 1.807) is 13.8 Å². The largest absolute Gasteiger partial charge is 0.349 e. The summed E-state index contributed by atoms with van der Waals surface area (Å²) in [6.07, 6.45) is 0. The molecule has 0 saturated heterocycles. The minimum atomic E-state index is -1.47. The highest BCUT2D eigenvalue weighted by Gasteiger charge is 2.31. The maximum absolute atomic E-state index is 13.9. The molecule has 3 aromatic rings. The van der Waals surface area contributed by atoms with Crippen LogP contribution in [-0.2, 0) is 4.79 Å². The van der Waals surface area contributed by atoms with Crippen LogP contribution in [-0.4, -0.2) is 11.7 Å². The van der Waals surface area contributed by atoms with Gasteiger partial charge in [-0.25, -0.2) is 17.6 Å². The van der Waals surface area contributed by atoms with Crippen molar-refractivity contribution >= 4 is 28.4 Å². The Hall–Kier alpha value is -2.54. The van der Waals surface area contributed by atoms with E-state index in [1.807, 2.05) is 49.4 Å². The van der Waals surface area contributed by atoms with E-state index in [1.165, 1.54) is 0 Å². The molecule has 0 heterocycles. The average Bonchev–Trinajstić information content (AvgIpc) is 2.71. The third kappa shape index (κ3) is 4.46. The maximum atomic E-state index is 13.9. The Kier molecular flexibility index (Phi) is 6.41. The standard InChI is InChI=1S/C23H21F4NOS/c1-13(15-10-6-8-14-7-4-5-9-16(14)15)28-22(29)23(2,3)12-30-21-19(26)17(24)11-18(25)20(21)27/h4-11,13H,12H2,1-3H3,(H,28,29)/t13-/m0/s1. The highest BCUT2D eigenvalue weighted by atomic mass is 32.2. The fourth-order valence-corrected chi connectivity index (χ4v) is 4.18. The van der Waals surface area contributed by atoms with E-state index in [-0.39, 0.29) is 23.8 Å². The van der Waals surface area contributed by atoms with Crippen LogP contribution >= 0.6 is 11.8 Å². The first kappa shape index (κ1) is 22.2. The van der Waals surface area contributed by atoms with Gasteiger partial charge in [0.05, 0.1) is 16.4 Å². The summed E-state index contributed by atoms with van der Waals surface area (Å²) in [4.78, 5) is 12.1. The van der Waals surface area contributed by atoms with Crippen molar-refractivity contribution in [3.8, 4) is 0 Å². The Balaban J connectivity index is 1.75.